The van der Waals surface area contributed by atoms with Gasteiger partial charge >= 0.3 is 0 Å². The first-order valence-corrected chi connectivity index (χ1v) is 7.95. The Kier molecular flexibility index (Phi) is 3.42. The predicted molar refractivity (Wildman–Crippen MR) is 84.3 cm³/mol. The first-order chi connectivity index (χ1) is 10.9. The predicted octanol–water partition coefficient (Wildman–Crippen LogP) is 3.38. The third-order valence-electron chi connectivity index (χ3n) is 4.52. The number of rotatable bonds is 4. The van der Waals surface area contributed by atoms with Gasteiger partial charge in [-0.05, 0) is 38.4 Å². The summed E-state index contributed by atoms with van der Waals surface area (Å²) in [6.07, 6.45) is 4.00. The largest absolute Gasteiger partial charge is 0.364 e. The van der Waals surface area contributed by atoms with E-state index in [9.17, 15) is 0 Å². The molecule has 3 heterocycles. The molecule has 1 aliphatic heterocycles. The van der Waals surface area contributed by atoms with E-state index in [1.165, 1.54) is 17.8 Å². The summed E-state index contributed by atoms with van der Waals surface area (Å²) >= 11 is 0. The van der Waals surface area contributed by atoms with Crippen molar-refractivity contribution in [2.75, 3.05) is 6.54 Å². The van der Waals surface area contributed by atoms with Gasteiger partial charge in [0.25, 0.3) is 0 Å². The molecule has 0 unspecified atom stereocenters. The van der Waals surface area contributed by atoms with Crippen LogP contribution in [0.1, 0.15) is 37.3 Å². The van der Waals surface area contributed by atoms with Crippen molar-refractivity contribution in [2.45, 2.75) is 38.9 Å². The van der Waals surface area contributed by atoms with E-state index in [-0.39, 0.29) is 0 Å². The van der Waals surface area contributed by atoms with Gasteiger partial charge in [0, 0.05) is 19.2 Å². The molecule has 22 heavy (non-hydrogen) atoms. The Hall–Kier alpha value is -2.14. The molecule has 1 fully saturated rings. The van der Waals surface area contributed by atoms with Crippen LogP contribution in [0.25, 0.3) is 11.0 Å². The SMILES string of the molecule is CCn1c([C@@H]2CCCN2Cc2ccon2)nc2ccccc21. The summed E-state index contributed by atoms with van der Waals surface area (Å²) in [6.45, 7) is 5.05. The topological polar surface area (TPSA) is 47.1 Å². The number of likely N-dealkylation sites (tertiary alicyclic amines) is 1. The van der Waals surface area contributed by atoms with Crippen LogP contribution in [0.4, 0.5) is 0 Å². The lowest BCUT2D eigenvalue weighted by Crippen LogP contribution is -2.25. The number of aromatic nitrogens is 3. The Bertz CT molecular complexity index is 762. The normalized spacial score (nSPS) is 19.2. The zero-order chi connectivity index (χ0) is 14.9. The van der Waals surface area contributed by atoms with Crippen LogP contribution in [0.5, 0.6) is 0 Å². The van der Waals surface area contributed by atoms with Gasteiger partial charge in [-0.1, -0.05) is 17.3 Å². The van der Waals surface area contributed by atoms with Crippen molar-refractivity contribution in [3.05, 3.63) is 48.1 Å². The monoisotopic (exact) mass is 296 g/mol. The highest BCUT2D eigenvalue weighted by Gasteiger charge is 2.30. The van der Waals surface area contributed by atoms with E-state index in [4.69, 9.17) is 9.51 Å². The van der Waals surface area contributed by atoms with E-state index in [0.717, 1.165) is 37.3 Å². The summed E-state index contributed by atoms with van der Waals surface area (Å²) in [7, 11) is 0. The molecule has 2 aromatic heterocycles. The second kappa shape index (κ2) is 5.57. The molecule has 0 N–H and O–H groups in total. The number of fused-ring (bicyclic) bond motifs is 1. The summed E-state index contributed by atoms with van der Waals surface area (Å²) in [6, 6.07) is 10.7. The second-order valence-electron chi connectivity index (χ2n) is 5.82. The molecule has 0 radical (unpaired) electrons. The molecule has 0 bridgehead atoms. The summed E-state index contributed by atoms with van der Waals surface area (Å²) in [5.74, 6) is 1.18. The number of nitrogens with zero attached hydrogens (tertiary/aromatic N) is 4. The van der Waals surface area contributed by atoms with E-state index in [0.29, 0.717) is 6.04 Å². The van der Waals surface area contributed by atoms with Gasteiger partial charge < -0.3 is 9.09 Å². The first kappa shape index (κ1) is 13.5. The van der Waals surface area contributed by atoms with Gasteiger partial charge in [-0.2, -0.15) is 0 Å². The van der Waals surface area contributed by atoms with E-state index < -0.39 is 0 Å². The molecular weight excluding hydrogens is 276 g/mol. The molecule has 1 aromatic carbocycles. The minimum atomic E-state index is 0.365. The van der Waals surface area contributed by atoms with Crippen LogP contribution >= 0.6 is 0 Å². The Morgan fingerprint density at radius 1 is 1.27 bits per heavy atom. The lowest BCUT2D eigenvalue weighted by Gasteiger charge is -2.23. The third-order valence-corrected chi connectivity index (χ3v) is 4.52. The molecule has 1 aliphatic rings. The summed E-state index contributed by atoms with van der Waals surface area (Å²) in [5, 5.41) is 4.05. The maximum atomic E-state index is 4.96. The molecule has 4 rings (SSSR count). The Balaban J connectivity index is 1.70. The van der Waals surface area contributed by atoms with Crippen molar-refractivity contribution in [3.8, 4) is 0 Å². The van der Waals surface area contributed by atoms with E-state index in [1.54, 1.807) is 6.26 Å². The van der Waals surface area contributed by atoms with Crippen LogP contribution in [-0.2, 0) is 13.1 Å². The fourth-order valence-electron chi connectivity index (χ4n) is 3.52. The van der Waals surface area contributed by atoms with Gasteiger partial charge in [-0.15, -0.1) is 0 Å². The van der Waals surface area contributed by atoms with Gasteiger partial charge in [0.15, 0.2) is 0 Å². The van der Waals surface area contributed by atoms with Crippen LogP contribution in [0.15, 0.2) is 41.1 Å². The smallest absolute Gasteiger partial charge is 0.127 e. The molecule has 3 aromatic rings. The average Bonchev–Trinajstić information content (AvgIpc) is 3.26. The molecular formula is C17H20N4O. The van der Waals surface area contributed by atoms with Gasteiger partial charge in [-0.25, -0.2) is 4.98 Å². The van der Waals surface area contributed by atoms with Crippen LogP contribution in [-0.4, -0.2) is 26.2 Å². The van der Waals surface area contributed by atoms with Crippen molar-refractivity contribution < 1.29 is 4.52 Å². The van der Waals surface area contributed by atoms with Crippen molar-refractivity contribution in [1.82, 2.24) is 19.6 Å². The van der Waals surface area contributed by atoms with Crippen molar-refractivity contribution in [1.29, 1.82) is 0 Å². The molecule has 0 spiro atoms. The molecule has 5 heteroatoms. The third kappa shape index (κ3) is 2.22. The van der Waals surface area contributed by atoms with E-state index in [2.05, 4.69) is 45.8 Å². The zero-order valence-corrected chi connectivity index (χ0v) is 12.8. The lowest BCUT2D eigenvalue weighted by molar-refractivity contribution is 0.228. The number of benzene rings is 1. The lowest BCUT2D eigenvalue weighted by atomic mass is 10.2. The van der Waals surface area contributed by atoms with Crippen LogP contribution in [0.2, 0.25) is 0 Å². The first-order valence-electron chi connectivity index (χ1n) is 7.95. The average molecular weight is 296 g/mol. The number of hydrogen-bond acceptors (Lipinski definition) is 4. The molecule has 114 valence electrons. The fourth-order valence-corrected chi connectivity index (χ4v) is 3.52. The standard InChI is InChI=1S/C17H20N4O/c1-2-21-15-7-4-3-6-14(15)18-17(21)16-8-5-10-20(16)12-13-9-11-22-19-13/h3-4,6-7,9,11,16H,2,5,8,10,12H2,1H3/t16-/m0/s1. The maximum absolute atomic E-state index is 4.96. The summed E-state index contributed by atoms with van der Waals surface area (Å²) in [5.41, 5.74) is 3.31. The minimum Gasteiger partial charge on any atom is -0.364 e. The molecule has 0 amide bonds. The minimum absolute atomic E-state index is 0.365. The van der Waals surface area contributed by atoms with Crippen LogP contribution < -0.4 is 0 Å². The van der Waals surface area contributed by atoms with Gasteiger partial charge in [0.1, 0.15) is 12.1 Å². The quantitative estimate of drug-likeness (QED) is 0.740. The number of imidazole rings is 1. The van der Waals surface area contributed by atoms with Crippen molar-refractivity contribution >= 4 is 11.0 Å². The molecule has 0 aliphatic carbocycles. The number of aryl methyl sites for hydroxylation is 1. The molecule has 1 saturated heterocycles. The summed E-state index contributed by atoms with van der Waals surface area (Å²) < 4.78 is 7.31. The highest BCUT2D eigenvalue weighted by molar-refractivity contribution is 5.76. The fraction of sp³-hybridized carbons (Fsp3) is 0.412. The molecule has 5 nitrogen and oxygen atoms in total. The number of para-hydroxylation sites is 2. The Labute approximate surface area is 129 Å². The number of hydrogen-bond donors (Lipinski definition) is 0. The molecule has 1 atom stereocenters. The summed E-state index contributed by atoms with van der Waals surface area (Å²) in [4.78, 5) is 7.39. The van der Waals surface area contributed by atoms with Crippen molar-refractivity contribution in [3.63, 3.8) is 0 Å². The Morgan fingerprint density at radius 2 is 2.18 bits per heavy atom. The second-order valence-corrected chi connectivity index (χ2v) is 5.82. The van der Waals surface area contributed by atoms with Crippen LogP contribution in [0.3, 0.4) is 0 Å². The van der Waals surface area contributed by atoms with E-state index in [1.807, 2.05) is 6.07 Å². The zero-order valence-electron chi connectivity index (χ0n) is 12.8. The highest BCUT2D eigenvalue weighted by Crippen LogP contribution is 2.34. The molecule has 0 saturated carbocycles. The Morgan fingerprint density at radius 3 is 3.00 bits per heavy atom. The van der Waals surface area contributed by atoms with E-state index >= 15 is 0 Å². The van der Waals surface area contributed by atoms with Gasteiger partial charge in [0.2, 0.25) is 0 Å². The van der Waals surface area contributed by atoms with Crippen LogP contribution in [0, 0.1) is 0 Å². The van der Waals surface area contributed by atoms with Gasteiger partial charge in [0.05, 0.1) is 22.8 Å². The van der Waals surface area contributed by atoms with Gasteiger partial charge in [-0.3, -0.25) is 4.90 Å². The maximum Gasteiger partial charge on any atom is 0.127 e. The van der Waals surface area contributed by atoms with Crippen molar-refractivity contribution in [2.24, 2.45) is 0 Å². The highest BCUT2D eigenvalue weighted by atomic mass is 16.5.